The molecule has 0 spiro atoms. The smallest absolute Gasteiger partial charge is 0.135 e. The zero-order chi connectivity index (χ0) is 61.7. The quantitative estimate of drug-likeness (QED) is 0.144. The van der Waals surface area contributed by atoms with E-state index in [2.05, 4.69) is 341 Å². The number of anilines is 6. The van der Waals surface area contributed by atoms with Gasteiger partial charge in [-0.25, -0.2) is 0 Å². The van der Waals surface area contributed by atoms with Gasteiger partial charge in [0.1, 0.15) is 22.3 Å². The van der Waals surface area contributed by atoms with Crippen LogP contribution in [0, 0.1) is 0 Å². The molecule has 2 aliphatic carbocycles. The molecule has 0 aliphatic heterocycles. The van der Waals surface area contributed by atoms with Gasteiger partial charge < -0.3 is 18.6 Å². The molecular weight excluding hydrogens is 1120 g/mol. The van der Waals surface area contributed by atoms with Crippen molar-refractivity contribution in [2.45, 2.75) is 38.5 Å². The summed E-state index contributed by atoms with van der Waals surface area (Å²) in [5.74, 6) is 0. The Hall–Kier alpha value is -11.5. The molecule has 0 saturated carbocycles. The van der Waals surface area contributed by atoms with Crippen LogP contribution in [0.25, 0.3) is 110 Å². The number of rotatable bonds is 9. The van der Waals surface area contributed by atoms with Gasteiger partial charge >= 0.3 is 0 Å². The number of fused-ring (bicyclic) bond motifs is 13. The van der Waals surface area contributed by atoms with Gasteiger partial charge in [0.05, 0.1) is 0 Å². The standard InChI is InChI=1S/C45H33NO.C43H31NO/c1-45(2)41-26-25-36(27-38(41)39-28-40-37-15-9-10-16-43(37)47-44(40)29-42(39)45)46(34-21-17-32(18-22-34)30-11-5-3-6-12-30)35-23-19-33(20-24-35)31-13-7-4-8-14-31;1-43(2)39-23-22-34(25-36(39)37-26-38-35-14-8-9-15-41(35)45-42(38)27-40(37)43)44(32-12-4-3-5-13-32)33-20-18-29(19-21-33)31-17-16-28-10-6-7-11-30(28)24-31/h3-29H,1-2H3;3-27H,1-2H3. The summed E-state index contributed by atoms with van der Waals surface area (Å²) in [4.78, 5) is 4.74. The van der Waals surface area contributed by atoms with Gasteiger partial charge in [-0.2, -0.15) is 0 Å². The molecule has 0 radical (unpaired) electrons. The van der Waals surface area contributed by atoms with Crippen LogP contribution in [0.3, 0.4) is 0 Å². The Bertz CT molecular complexity index is 5410. The molecule has 0 fully saturated rings. The van der Waals surface area contributed by atoms with E-state index in [9.17, 15) is 0 Å². The molecule has 0 saturated heterocycles. The lowest BCUT2D eigenvalue weighted by Crippen LogP contribution is -2.15. The summed E-state index contributed by atoms with van der Waals surface area (Å²) in [7, 11) is 0. The summed E-state index contributed by atoms with van der Waals surface area (Å²) >= 11 is 0. The molecule has 2 aliphatic rings. The highest BCUT2D eigenvalue weighted by Gasteiger charge is 2.39. The first-order chi connectivity index (χ1) is 45.1. The first-order valence-corrected chi connectivity index (χ1v) is 31.9. The fourth-order valence-electron chi connectivity index (χ4n) is 14.7. The van der Waals surface area contributed by atoms with E-state index in [0.29, 0.717) is 0 Å². The molecule has 2 heterocycles. The van der Waals surface area contributed by atoms with Crippen LogP contribution in [-0.2, 0) is 10.8 Å². The zero-order valence-corrected chi connectivity index (χ0v) is 51.7. The van der Waals surface area contributed by atoms with E-state index in [1.807, 2.05) is 12.1 Å². The van der Waals surface area contributed by atoms with Gasteiger partial charge in [0.2, 0.25) is 0 Å². The van der Waals surface area contributed by atoms with Crippen LogP contribution in [0.15, 0.2) is 324 Å². The van der Waals surface area contributed by atoms with E-state index in [-0.39, 0.29) is 10.8 Å². The molecule has 0 atom stereocenters. The van der Waals surface area contributed by atoms with Crippen LogP contribution in [0.2, 0.25) is 0 Å². The second-order valence-electron chi connectivity index (χ2n) is 25.6. The predicted molar refractivity (Wildman–Crippen MR) is 386 cm³/mol. The van der Waals surface area contributed by atoms with Crippen LogP contribution in [0.4, 0.5) is 34.1 Å². The first kappa shape index (κ1) is 54.7. The minimum Gasteiger partial charge on any atom is -0.456 e. The minimum absolute atomic E-state index is 0.130. The highest BCUT2D eigenvalue weighted by atomic mass is 16.3. The lowest BCUT2D eigenvalue weighted by molar-refractivity contribution is 0.647. The number of hydrogen-bond donors (Lipinski definition) is 0. The van der Waals surface area contributed by atoms with Crippen molar-refractivity contribution >= 4 is 88.8 Å². The molecule has 438 valence electrons. The lowest BCUT2D eigenvalue weighted by Gasteiger charge is -2.27. The van der Waals surface area contributed by atoms with Crippen LogP contribution < -0.4 is 9.80 Å². The van der Waals surface area contributed by atoms with Crippen molar-refractivity contribution in [3.63, 3.8) is 0 Å². The summed E-state index contributed by atoms with van der Waals surface area (Å²) in [6.45, 7) is 9.31. The number of nitrogens with zero attached hydrogens (tertiary/aromatic N) is 2. The average Bonchev–Trinajstić information content (AvgIpc) is 1.57. The van der Waals surface area contributed by atoms with Crippen LogP contribution >= 0.6 is 0 Å². The highest BCUT2D eigenvalue weighted by Crippen LogP contribution is 2.55. The van der Waals surface area contributed by atoms with E-state index in [4.69, 9.17) is 8.83 Å². The molecular formula is C88H64N2O2. The molecule has 0 unspecified atom stereocenters. The maximum Gasteiger partial charge on any atom is 0.135 e. The Labute approximate surface area is 536 Å². The largest absolute Gasteiger partial charge is 0.456 e. The Kier molecular flexibility index (Phi) is 12.9. The highest BCUT2D eigenvalue weighted by molar-refractivity contribution is 6.09. The molecule has 4 nitrogen and oxygen atoms in total. The second kappa shape index (κ2) is 21.7. The van der Waals surface area contributed by atoms with Crippen molar-refractivity contribution in [3.05, 3.63) is 338 Å². The molecule has 2 aromatic heterocycles. The maximum atomic E-state index is 6.32. The van der Waals surface area contributed by atoms with Gasteiger partial charge in [0, 0.05) is 66.5 Å². The molecule has 4 heteroatoms. The summed E-state index contributed by atoms with van der Waals surface area (Å²) < 4.78 is 12.6. The van der Waals surface area contributed by atoms with Gasteiger partial charge in [0.25, 0.3) is 0 Å². The fraction of sp³-hybridized carbons (Fsp3) is 0.0682. The van der Waals surface area contributed by atoms with E-state index in [0.717, 1.165) is 67.2 Å². The van der Waals surface area contributed by atoms with Crippen molar-refractivity contribution in [2.75, 3.05) is 9.80 Å². The summed E-state index contributed by atoms with van der Waals surface area (Å²) in [5, 5.41) is 7.17. The fourth-order valence-corrected chi connectivity index (χ4v) is 14.7. The predicted octanol–water partition coefficient (Wildman–Crippen LogP) is 24.9. The number of para-hydroxylation sites is 3. The van der Waals surface area contributed by atoms with E-state index < -0.39 is 0 Å². The van der Waals surface area contributed by atoms with Crippen LogP contribution in [0.1, 0.15) is 49.9 Å². The topological polar surface area (TPSA) is 32.8 Å². The van der Waals surface area contributed by atoms with Crippen molar-refractivity contribution < 1.29 is 8.83 Å². The number of hydrogen-bond acceptors (Lipinski definition) is 4. The number of furan rings is 2. The van der Waals surface area contributed by atoms with E-state index in [1.165, 1.54) is 99.4 Å². The zero-order valence-electron chi connectivity index (χ0n) is 51.7. The molecule has 14 aromatic carbocycles. The lowest BCUT2D eigenvalue weighted by atomic mass is 9.82. The van der Waals surface area contributed by atoms with Crippen molar-refractivity contribution in [1.29, 1.82) is 0 Å². The minimum atomic E-state index is -0.143. The van der Waals surface area contributed by atoms with Gasteiger partial charge in [0.15, 0.2) is 0 Å². The Balaban J connectivity index is 0.000000141. The Morgan fingerprint density at radius 3 is 1.01 bits per heavy atom. The third kappa shape index (κ3) is 9.20. The second-order valence-corrected chi connectivity index (χ2v) is 25.6. The SMILES string of the molecule is CC1(C)c2ccc(N(c3ccc(-c4ccccc4)cc3)c3ccc(-c4ccccc4)cc3)cc2-c2cc3c(cc21)oc1ccccc13.CC1(C)c2ccc(N(c3ccccc3)c3ccc(-c4ccc5ccccc5c4)cc3)cc2-c2cc3c(cc21)oc1ccccc13. The van der Waals surface area contributed by atoms with E-state index >= 15 is 0 Å². The van der Waals surface area contributed by atoms with E-state index in [1.54, 1.807) is 0 Å². The van der Waals surface area contributed by atoms with Gasteiger partial charge in [-0.3, -0.25) is 0 Å². The van der Waals surface area contributed by atoms with Crippen molar-refractivity contribution in [2.24, 2.45) is 0 Å². The summed E-state index contributed by atoms with van der Waals surface area (Å²) in [6, 6.07) is 114. The van der Waals surface area contributed by atoms with Gasteiger partial charge in [-0.05, 0) is 204 Å². The van der Waals surface area contributed by atoms with Gasteiger partial charge in [-0.1, -0.05) is 228 Å². The maximum absolute atomic E-state index is 6.32. The number of benzene rings is 14. The molecule has 0 amide bonds. The Morgan fingerprint density at radius 1 is 0.217 bits per heavy atom. The van der Waals surface area contributed by atoms with Crippen LogP contribution in [-0.4, -0.2) is 0 Å². The molecule has 0 bridgehead atoms. The molecule has 16 aromatic rings. The summed E-state index contributed by atoms with van der Waals surface area (Å²) in [5.41, 5.74) is 28.0. The third-order valence-corrected chi connectivity index (χ3v) is 19.5. The average molecular weight is 1180 g/mol. The first-order valence-electron chi connectivity index (χ1n) is 31.9. The molecule has 92 heavy (non-hydrogen) atoms. The third-order valence-electron chi connectivity index (χ3n) is 19.5. The van der Waals surface area contributed by atoms with Gasteiger partial charge in [-0.15, -0.1) is 0 Å². The normalized spacial score (nSPS) is 13.2. The van der Waals surface area contributed by atoms with Crippen LogP contribution in [0.5, 0.6) is 0 Å². The molecule has 18 rings (SSSR count). The monoisotopic (exact) mass is 1180 g/mol. The van der Waals surface area contributed by atoms with Crippen molar-refractivity contribution in [3.8, 4) is 55.6 Å². The van der Waals surface area contributed by atoms with Crippen molar-refractivity contribution in [1.82, 2.24) is 0 Å². The Morgan fingerprint density at radius 2 is 0.554 bits per heavy atom. The summed E-state index contributed by atoms with van der Waals surface area (Å²) in [6.07, 6.45) is 0. The molecule has 0 N–H and O–H groups in total.